The van der Waals surface area contributed by atoms with Crippen LogP contribution in [0.5, 0.6) is 0 Å². The first-order valence-electron chi connectivity index (χ1n) is 41.4. The van der Waals surface area contributed by atoms with Crippen LogP contribution in [0.4, 0.5) is 0 Å². The lowest BCUT2D eigenvalue weighted by Crippen LogP contribution is -2.30. The van der Waals surface area contributed by atoms with Crippen LogP contribution in [-0.4, -0.2) is 96.7 Å². The Hall–Kier alpha value is -4.80. The molecule has 19 heteroatoms. The summed E-state index contributed by atoms with van der Waals surface area (Å²) >= 11 is 0. The van der Waals surface area contributed by atoms with E-state index in [1.165, 1.54) is 96.3 Å². The fraction of sp³-hybridized carbons (Fsp3) is 0.701. The Bertz CT molecular complexity index is 2530. The van der Waals surface area contributed by atoms with Crippen LogP contribution in [0.2, 0.25) is 0 Å². The van der Waals surface area contributed by atoms with Gasteiger partial charge in [-0.15, -0.1) is 0 Å². The van der Waals surface area contributed by atoms with Crippen molar-refractivity contribution in [1.29, 1.82) is 0 Å². The van der Waals surface area contributed by atoms with Gasteiger partial charge in [-0.1, -0.05) is 283 Å². The first kappa shape index (κ1) is 101. The minimum Gasteiger partial charge on any atom is -0.462 e. The quantitative estimate of drug-likeness (QED) is 0.0169. The highest BCUT2D eigenvalue weighted by atomic mass is 31.2. The number of aliphatic hydroxyl groups is 1. The van der Waals surface area contributed by atoms with E-state index < -0.39 is 97.5 Å². The zero-order valence-electron chi connectivity index (χ0n) is 66.6. The van der Waals surface area contributed by atoms with Crippen molar-refractivity contribution in [2.45, 2.75) is 354 Å². The summed E-state index contributed by atoms with van der Waals surface area (Å²) < 4.78 is 68.6. The third-order valence-corrected chi connectivity index (χ3v) is 19.0. The monoisotopic (exact) mass is 1530 g/mol. The van der Waals surface area contributed by atoms with Crippen LogP contribution < -0.4 is 0 Å². The van der Waals surface area contributed by atoms with Gasteiger partial charge in [-0.3, -0.25) is 37.3 Å². The number of rotatable bonds is 77. The Morgan fingerprint density at radius 2 is 0.500 bits per heavy atom. The van der Waals surface area contributed by atoms with Crippen molar-refractivity contribution in [3.05, 3.63) is 134 Å². The van der Waals surface area contributed by atoms with Gasteiger partial charge in [-0.2, -0.15) is 0 Å². The smallest absolute Gasteiger partial charge is 0.462 e. The molecule has 0 saturated carbocycles. The average molecular weight is 1530 g/mol. The van der Waals surface area contributed by atoms with Gasteiger partial charge >= 0.3 is 39.5 Å². The van der Waals surface area contributed by atoms with Gasteiger partial charge in [0, 0.05) is 25.7 Å². The number of hydrogen-bond donors (Lipinski definition) is 3. The molecule has 0 aromatic heterocycles. The number of allylic oxidation sites excluding steroid dienone is 22. The molecule has 3 N–H and O–H groups in total. The molecule has 17 nitrogen and oxygen atoms in total. The number of phosphoric acid groups is 2. The molecule has 0 spiro atoms. The SMILES string of the molecule is CC/C=C\C/C=C\C/C=C\C/C=C\C/C=C\CCCCCC(=O)O[C@H](COC(=O)CCCCCCCCC/C=C\CCCCCC)COP(=O)(O)OC[C@H](O)COP(=O)(O)OC[C@@H](COC(=O)CCC/C=C\C/C=C\C/C=C\C/C=C\CCCCC)OC(=O)CCCCCCC/C=C\CCCCCCCC. The molecule has 0 heterocycles. The van der Waals surface area contributed by atoms with Crippen LogP contribution in [0.25, 0.3) is 0 Å². The van der Waals surface area contributed by atoms with E-state index in [4.69, 9.17) is 37.0 Å². The van der Waals surface area contributed by atoms with Gasteiger partial charge in [0.2, 0.25) is 0 Å². The van der Waals surface area contributed by atoms with E-state index >= 15 is 0 Å². The normalized spacial score (nSPS) is 14.5. The van der Waals surface area contributed by atoms with E-state index in [9.17, 15) is 43.2 Å². The largest absolute Gasteiger partial charge is 0.472 e. The lowest BCUT2D eigenvalue weighted by Gasteiger charge is -2.21. The lowest BCUT2D eigenvalue weighted by molar-refractivity contribution is -0.161. The molecule has 0 radical (unpaired) electrons. The number of phosphoric ester groups is 2. The summed E-state index contributed by atoms with van der Waals surface area (Å²) in [5.74, 6) is -2.29. The van der Waals surface area contributed by atoms with Crippen molar-refractivity contribution in [3.8, 4) is 0 Å². The number of hydrogen-bond acceptors (Lipinski definition) is 15. The summed E-state index contributed by atoms with van der Waals surface area (Å²) in [4.78, 5) is 73.1. The highest BCUT2D eigenvalue weighted by molar-refractivity contribution is 7.47. The predicted molar refractivity (Wildman–Crippen MR) is 436 cm³/mol. The van der Waals surface area contributed by atoms with Crippen molar-refractivity contribution >= 4 is 39.5 Å². The molecule has 0 aliphatic heterocycles. The second kappa shape index (κ2) is 78.3. The summed E-state index contributed by atoms with van der Waals surface area (Å²) in [5.41, 5.74) is 0. The molecule has 2 unspecified atom stereocenters. The Morgan fingerprint density at radius 1 is 0.274 bits per heavy atom. The molecular formula is C87H148O17P2. The Morgan fingerprint density at radius 3 is 0.840 bits per heavy atom. The maximum atomic E-state index is 13.1. The van der Waals surface area contributed by atoms with Gasteiger partial charge in [0.15, 0.2) is 12.2 Å². The average Bonchev–Trinajstić information content (AvgIpc) is 0.908. The number of esters is 4. The van der Waals surface area contributed by atoms with Crippen LogP contribution in [0.3, 0.4) is 0 Å². The molecule has 5 atom stereocenters. The van der Waals surface area contributed by atoms with E-state index in [0.29, 0.717) is 32.1 Å². The van der Waals surface area contributed by atoms with Crippen LogP contribution in [-0.2, 0) is 65.4 Å². The summed E-state index contributed by atoms with van der Waals surface area (Å²) in [5, 5.41) is 10.7. The maximum Gasteiger partial charge on any atom is 0.472 e. The third kappa shape index (κ3) is 77.4. The number of ether oxygens (including phenoxy) is 4. The molecule has 0 saturated heterocycles. The minimum atomic E-state index is -5.00. The zero-order chi connectivity index (χ0) is 77.4. The first-order chi connectivity index (χ1) is 51.7. The summed E-state index contributed by atoms with van der Waals surface area (Å²) in [6, 6.07) is 0. The van der Waals surface area contributed by atoms with Gasteiger partial charge in [0.05, 0.1) is 26.4 Å². The lowest BCUT2D eigenvalue weighted by atomic mass is 10.1. The standard InChI is InChI=1S/C87H148O17P2/c1-5-9-13-17-21-25-29-33-37-39-40-42-46-50-54-58-62-66-70-74-87(92)104-83(77-97-84(89)71-67-63-59-55-51-47-43-35-31-27-23-19-15-11-7-3)80-102-106(95,96)100-76-81(88)75-99-105(93,94)101-79-82(103-86(91)73-69-65-61-57-53-49-44-36-32-28-24-20-16-12-8-4)78-98-85(90)72-68-64-60-56-52-48-45-41-38-34-30-26-22-18-14-10-6-2/h9,13,21-22,25-27,31,33-34,36-38,40,42,44-45,48,50,54,56,60,81-83,88H,5-8,10-12,14-20,23-24,28-30,32,35,39,41,43,46-47,49,51-53,55,57-59,61-80H2,1-4H3,(H,93,94)(H,95,96)/b13-9-,25-21-,26-22-,31-27-,37-33-,38-34-,42-40-,44-36-,48-45-,54-50-,60-56-/t81-,82-,83-/m1/s1. The Balaban J connectivity index is 5.46. The highest BCUT2D eigenvalue weighted by Gasteiger charge is 2.30. The summed E-state index contributed by atoms with van der Waals surface area (Å²) in [6.07, 6.45) is 88.5. The molecule has 0 aliphatic rings. The van der Waals surface area contributed by atoms with E-state index in [0.717, 1.165) is 154 Å². The molecule has 608 valence electrons. The summed E-state index contributed by atoms with van der Waals surface area (Å²) in [6.45, 7) is 4.63. The van der Waals surface area contributed by atoms with E-state index in [1.54, 1.807) is 0 Å². The van der Waals surface area contributed by atoms with Crippen molar-refractivity contribution in [3.63, 3.8) is 0 Å². The Kier molecular flexibility index (Phi) is 74.8. The number of carbonyl (C=O) groups is 4. The molecule has 0 amide bonds. The second-order valence-electron chi connectivity index (χ2n) is 27.3. The number of aliphatic hydroxyl groups excluding tert-OH is 1. The maximum absolute atomic E-state index is 13.1. The minimum absolute atomic E-state index is 0.0511. The van der Waals surface area contributed by atoms with Gasteiger partial charge in [0.1, 0.15) is 19.3 Å². The topological polar surface area (TPSA) is 237 Å². The fourth-order valence-electron chi connectivity index (χ4n) is 10.8. The van der Waals surface area contributed by atoms with E-state index in [1.807, 2.05) is 12.2 Å². The molecule has 0 aliphatic carbocycles. The molecule has 0 aromatic carbocycles. The van der Waals surface area contributed by atoms with Crippen LogP contribution in [0, 0.1) is 0 Å². The van der Waals surface area contributed by atoms with Crippen molar-refractivity contribution in [1.82, 2.24) is 0 Å². The van der Waals surface area contributed by atoms with Crippen LogP contribution in [0.1, 0.15) is 336 Å². The third-order valence-electron chi connectivity index (χ3n) is 17.1. The second-order valence-corrected chi connectivity index (χ2v) is 30.2. The van der Waals surface area contributed by atoms with E-state index in [-0.39, 0.29) is 25.7 Å². The van der Waals surface area contributed by atoms with Crippen molar-refractivity contribution < 1.29 is 80.2 Å². The van der Waals surface area contributed by atoms with Gasteiger partial charge in [-0.25, -0.2) is 9.13 Å². The molecular weight excluding hydrogens is 1380 g/mol. The molecule has 0 aromatic rings. The predicted octanol–water partition coefficient (Wildman–Crippen LogP) is 24.4. The van der Waals surface area contributed by atoms with Gasteiger partial charge in [0.25, 0.3) is 0 Å². The van der Waals surface area contributed by atoms with Crippen molar-refractivity contribution in [2.24, 2.45) is 0 Å². The number of carbonyl (C=O) groups excluding carboxylic acids is 4. The molecule has 106 heavy (non-hydrogen) atoms. The highest BCUT2D eigenvalue weighted by Crippen LogP contribution is 2.45. The van der Waals surface area contributed by atoms with Gasteiger partial charge < -0.3 is 33.8 Å². The van der Waals surface area contributed by atoms with Crippen molar-refractivity contribution in [2.75, 3.05) is 39.6 Å². The summed E-state index contributed by atoms with van der Waals surface area (Å²) in [7, 11) is -9.99. The Labute approximate surface area is 644 Å². The molecule has 0 rings (SSSR count). The molecule has 0 fully saturated rings. The zero-order valence-corrected chi connectivity index (χ0v) is 68.4. The van der Waals surface area contributed by atoms with Gasteiger partial charge in [-0.05, 0) is 161 Å². The van der Waals surface area contributed by atoms with Crippen LogP contribution >= 0.6 is 15.6 Å². The van der Waals surface area contributed by atoms with Crippen LogP contribution in [0.15, 0.2) is 134 Å². The first-order valence-corrected chi connectivity index (χ1v) is 44.4. The molecule has 0 bridgehead atoms. The fourth-order valence-corrected chi connectivity index (χ4v) is 12.3. The van der Waals surface area contributed by atoms with E-state index in [2.05, 4.69) is 149 Å². The number of unbranched alkanes of at least 4 members (excludes halogenated alkanes) is 29.